The molecule has 7 heteroatoms. The van der Waals surface area contributed by atoms with Crippen molar-refractivity contribution in [2.24, 2.45) is 0 Å². The zero-order valence-corrected chi connectivity index (χ0v) is 13.4. The highest BCUT2D eigenvalue weighted by atomic mass is 16.2. The number of carbonyl (C=O) groups excluding carboxylic acids is 2. The van der Waals surface area contributed by atoms with Crippen LogP contribution in [0, 0.1) is 13.8 Å². The predicted octanol–water partition coefficient (Wildman–Crippen LogP) is 1.58. The number of aryl methyl sites for hydroxylation is 2. The van der Waals surface area contributed by atoms with E-state index < -0.39 is 0 Å². The minimum atomic E-state index is -0.255. The summed E-state index contributed by atoms with van der Waals surface area (Å²) in [4.78, 5) is 30.4. The number of rotatable bonds is 3. The second kappa shape index (κ2) is 5.23. The van der Waals surface area contributed by atoms with E-state index in [9.17, 15) is 9.59 Å². The molecule has 0 aliphatic carbocycles. The van der Waals surface area contributed by atoms with E-state index in [-0.39, 0.29) is 18.4 Å². The average molecular weight is 321 g/mol. The molecule has 0 fully saturated rings. The summed E-state index contributed by atoms with van der Waals surface area (Å²) in [7, 11) is 0. The molecule has 1 aliphatic heterocycles. The molecular weight excluding hydrogens is 306 g/mol. The summed E-state index contributed by atoms with van der Waals surface area (Å²) in [6.07, 6.45) is 0.429. The Bertz CT molecular complexity index is 957. The highest BCUT2D eigenvalue weighted by Crippen LogP contribution is 2.22. The number of benzene rings is 1. The van der Waals surface area contributed by atoms with Gasteiger partial charge in [0.15, 0.2) is 0 Å². The van der Waals surface area contributed by atoms with Gasteiger partial charge in [-0.05, 0) is 32.0 Å². The summed E-state index contributed by atoms with van der Waals surface area (Å²) in [5.41, 5.74) is 2.77. The third-order valence-corrected chi connectivity index (χ3v) is 4.20. The van der Waals surface area contributed by atoms with Crippen molar-refractivity contribution in [3.63, 3.8) is 0 Å². The van der Waals surface area contributed by atoms with E-state index in [2.05, 4.69) is 15.2 Å². The van der Waals surface area contributed by atoms with Gasteiger partial charge < -0.3 is 0 Å². The van der Waals surface area contributed by atoms with Gasteiger partial charge in [0.05, 0.1) is 11.1 Å². The Morgan fingerprint density at radius 3 is 2.33 bits per heavy atom. The first-order chi connectivity index (χ1) is 11.6. The maximum absolute atomic E-state index is 12.4. The highest BCUT2D eigenvalue weighted by molar-refractivity contribution is 6.21. The number of nitrogens with zero attached hydrogens (tertiary/aromatic N) is 5. The van der Waals surface area contributed by atoms with Crippen LogP contribution in [-0.4, -0.2) is 42.8 Å². The topological polar surface area (TPSA) is 80.5 Å². The summed E-state index contributed by atoms with van der Waals surface area (Å²) in [5, 5.41) is 8.24. The quantitative estimate of drug-likeness (QED) is 0.684. The summed E-state index contributed by atoms with van der Waals surface area (Å²) in [5.74, 6) is 0.710. The number of hydrogen-bond donors (Lipinski definition) is 0. The molecule has 2 aromatic heterocycles. The fourth-order valence-corrected chi connectivity index (χ4v) is 3.11. The van der Waals surface area contributed by atoms with Crippen LogP contribution >= 0.6 is 0 Å². The van der Waals surface area contributed by atoms with Crippen molar-refractivity contribution in [3.05, 3.63) is 58.7 Å². The molecule has 0 bridgehead atoms. The van der Waals surface area contributed by atoms with Crippen LogP contribution in [0.25, 0.3) is 5.78 Å². The van der Waals surface area contributed by atoms with Crippen molar-refractivity contribution in [2.45, 2.75) is 20.3 Å². The molecule has 0 saturated carbocycles. The number of imide groups is 1. The summed E-state index contributed by atoms with van der Waals surface area (Å²) >= 11 is 0. The Labute approximate surface area is 138 Å². The Morgan fingerprint density at radius 1 is 1.00 bits per heavy atom. The normalized spacial score (nSPS) is 13.8. The number of aromatic nitrogens is 4. The third-order valence-electron chi connectivity index (χ3n) is 4.20. The highest BCUT2D eigenvalue weighted by Gasteiger charge is 2.34. The number of amides is 2. The molecule has 0 atom stereocenters. The summed E-state index contributed by atoms with van der Waals surface area (Å²) in [6.45, 7) is 4.12. The first-order valence-electron chi connectivity index (χ1n) is 7.70. The van der Waals surface area contributed by atoms with E-state index in [0.717, 1.165) is 11.4 Å². The van der Waals surface area contributed by atoms with Gasteiger partial charge in [0.2, 0.25) is 0 Å². The lowest BCUT2D eigenvalue weighted by Gasteiger charge is -2.13. The van der Waals surface area contributed by atoms with Crippen LogP contribution in [0.15, 0.2) is 30.3 Å². The smallest absolute Gasteiger partial charge is 0.261 e. The molecule has 0 N–H and O–H groups in total. The van der Waals surface area contributed by atoms with Crippen molar-refractivity contribution in [2.75, 3.05) is 6.54 Å². The van der Waals surface area contributed by atoms with Crippen molar-refractivity contribution in [1.29, 1.82) is 0 Å². The maximum atomic E-state index is 12.4. The van der Waals surface area contributed by atoms with Crippen LogP contribution in [0.2, 0.25) is 0 Å². The number of carbonyl (C=O) groups is 2. The lowest BCUT2D eigenvalue weighted by atomic mass is 10.1. The molecule has 0 unspecified atom stereocenters. The van der Waals surface area contributed by atoms with Crippen molar-refractivity contribution in [1.82, 2.24) is 24.5 Å². The van der Waals surface area contributed by atoms with Gasteiger partial charge >= 0.3 is 0 Å². The van der Waals surface area contributed by atoms with Gasteiger partial charge in [-0.3, -0.25) is 18.9 Å². The van der Waals surface area contributed by atoms with Gasteiger partial charge in [-0.2, -0.15) is 0 Å². The van der Waals surface area contributed by atoms with E-state index in [1.807, 2.05) is 24.3 Å². The molecule has 3 aromatic rings. The molecule has 120 valence electrons. The second-order valence-electron chi connectivity index (χ2n) is 5.85. The minimum absolute atomic E-state index is 0.255. The van der Waals surface area contributed by atoms with Crippen LogP contribution in [-0.2, 0) is 6.42 Å². The van der Waals surface area contributed by atoms with Gasteiger partial charge in [-0.25, -0.2) is 4.98 Å². The predicted molar refractivity (Wildman–Crippen MR) is 85.8 cm³/mol. The third kappa shape index (κ3) is 2.09. The molecule has 7 nitrogen and oxygen atoms in total. The Balaban J connectivity index is 1.61. The molecule has 0 saturated heterocycles. The van der Waals surface area contributed by atoms with Gasteiger partial charge in [0.25, 0.3) is 17.6 Å². The number of hydrogen-bond acceptors (Lipinski definition) is 5. The largest absolute Gasteiger partial charge is 0.274 e. The van der Waals surface area contributed by atoms with E-state index in [1.165, 1.54) is 4.90 Å². The maximum Gasteiger partial charge on any atom is 0.261 e. The lowest BCUT2D eigenvalue weighted by Crippen LogP contribution is -2.32. The van der Waals surface area contributed by atoms with Gasteiger partial charge in [-0.15, -0.1) is 10.2 Å². The SMILES string of the molecule is Cc1cc(C)n2c(CCN3C(=O)c4ccccc4C3=O)nnc2n1. The molecule has 0 spiro atoms. The number of fused-ring (bicyclic) bond motifs is 2. The van der Waals surface area contributed by atoms with Crippen LogP contribution < -0.4 is 0 Å². The minimum Gasteiger partial charge on any atom is -0.274 e. The fraction of sp³-hybridized carbons (Fsp3) is 0.235. The van der Waals surface area contributed by atoms with Crippen molar-refractivity contribution in [3.8, 4) is 0 Å². The van der Waals surface area contributed by atoms with Crippen molar-refractivity contribution < 1.29 is 9.59 Å². The Kier molecular flexibility index (Phi) is 3.16. The standard InChI is InChI=1S/C17H15N5O2/c1-10-9-11(2)22-14(19-20-17(22)18-10)7-8-21-15(23)12-5-3-4-6-13(12)16(21)24/h3-6,9H,7-8H2,1-2H3. The molecule has 3 heterocycles. The van der Waals surface area contributed by atoms with Gasteiger partial charge in [0.1, 0.15) is 5.82 Å². The average Bonchev–Trinajstić information content (AvgIpc) is 3.07. The molecule has 2 amide bonds. The van der Waals surface area contributed by atoms with Crippen LogP contribution in [0.1, 0.15) is 37.9 Å². The molecule has 0 radical (unpaired) electrons. The summed E-state index contributed by atoms with van der Waals surface area (Å²) < 4.78 is 1.85. The zero-order valence-electron chi connectivity index (χ0n) is 13.4. The molecular formula is C17H15N5O2. The molecule has 24 heavy (non-hydrogen) atoms. The monoisotopic (exact) mass is 321 g/mol. The van der Waals surface area contributed by atoms with Crippen molar-refractivity contribution >= 4 is 17.6 Å². The first-order valence-corrected chi connectivity index (χ1v) is 7.70. The molecule has 1 aromatic carbocycles. The fourth-order valence-electron chi connectivity index (χ4n) is 3.11. The molecule has 4 rings (SSSR count). The zero-order chi connectivity index (χ0) is 16.8. The van der Waals surface area contributed by atoms with Gasteiger partial charge in [0, 0.05) is 24.4 Å². The van der Waals surface area contributed by atoms with E-state index >= 15 is 0 Å². The van der Waals surface area contributed by atoms with Crippen LogP contribution in [0.3, 0.4) is 0 Å². The van der Waals surface area contributed by atoms with E-state index in [4.69, 9.17) is 0 Å². The van der Waals surface area contributed by atoms with Gasteiger partial charge in [-0.1, -0.05) is 12.1 Å². The van der Waals surface area contributed by atoms with E-state index in [0.29, 0.717) is 29.1 Å². The van der Waals surface area contributed by atoms with Crippen LogP contribution in [0.5, 0.6) is 0 Å². The Morgan fingerprint density at radius 2 is 1.67 bits per heavy atom. The van der Waals surface area contributed by atoms with E-state index in [1.54, 1.807) is 24.3 Å². The van der Waals surface area contributed by atoms with Crippen LogP contribution in [0.4, 0.5) is 0 Å². The second-order valence-corrected chi connectivity index (χ2v) is 5.85. The lowest BCUT2D eigenvalue weighted by molar-refractivity contribution is 0.0655. The summed E-state index contributed by atoms with van der Waals surface area (Å²) in [6, 6.07) is 8.83. The molecule has 1 aliphatic rings. The first kappa shape index (κ1) is 14.5. The Hall–Kier alpha value is -3.09.